The van der Waals surface area contributed by atoms with E-state index < -0.39 is 31.1 Å². The number of nitro benzene ring substituents is 1. The number of nitrogens with zero attached hydrogens (tertiary/aromatic N) is 2. The number of halogens is 2. The molecule has 2 aliphatic rings. The first-order valence-corrected chi connectivity index (χ1v) is 10.5. The van der Waals surface area contributed by atoms with Crippen LogP contribution < -0.4 is 4.90 Å². The van der Waals surface area contributed by atoms with Gasteiger partial charge in [-0.25, -0.2) is 8.42 Å². The average Bonchev–Trinajstić information content (AvgIpc) is 3.14. The molecule has 7 nitrogen and oxygen atoms in total. The Morgan fingerprint density at radius 2 is 1.70 bits per heavy atom. The Hall–Kier alpha value is -1.81. The maximum atomic E-state index is 12.7. The van der Waals surface area contributed by atoms with Crippen molar-refractivity contribution in [3.63, 3.8) is 0 Å². The van der Waals surface area contributed by atoms with Crippen LogP contribution in [0.1, 0.15) is 38.5 Å². The van der Waals surface area contributed by atoms with Crippen LogP contribution in [0.3, 0.4) is 0 Å². The standard InChI is InChI=1S/C17H22F2N2O5S/c18-17(19)27(24,25)14-5-6-15(16(11-14)21(22)23)20-9-7-13(8-10-20)26-12-3-1-2-4-12/h5-6,11-13,17H,1-4,7-10H2. The maximum Gasteiger partial charge on any atom is 0.341 e. The minimum absolute atomic E-state index is 0.113. The fourth-order valence-corrected chi connectivity index (χ4v) is 4.47. The summed E-state index contributed by atoms with van der Waals surface area (Å²) < 4.78 is 54.7. The van der Waals surface area contributed by atoms with E-state index in [4.69, 9.17) is 4.74 Å². The highest BCUT2D eigenvalue weighted by Crippen LogP contribution is 2.34. The molecule has 10 heteroatoms. The number of piperidine rings is 1. The van der Waals surface area contributed by atoms with Crippen molar-refractivity contribution in [3.8, 4) is 0 Å². The van der Waals surface area contributed by atoms with Gasteiger partial charge in [0.1, 0.15) is 5.69 Å². The molecular formula is C17H22F2N2O5S. The molecule has 0 aromatic heterocycles. The average molecular weight is 404 g/mol. The number of hydrogen-bond donors (Lipinski definition) is 0. The molecule has 150 valence electrons. The third-order valence-corrected chi connectivity index (χ3v) is 6.56. The van der Waals surface area contributed by atoms with E-state index in [9.17, 15) is 27.3 Å². The molecular weight excluding hydrogens is 382 g/mol. The number of rotatable bonds is 6. The second kappa shape index (κ2) is 8.05. The Morgan fingerprint density at radius 1 is 1.11 bits per heavy atom. The first-order chi connectivity index (χ1) is 12.8. The second-order valence-electron chi connectivity index (χ2n) is 6.94. The summed E-state index contributed by atoms with van der Waals surface area (Å²) in [4.78, 5) is 11.7. The van der Waals surface area contributed by atoms with Gasteiger partial charge in [-0.2, -0.15) is 8.78 Å². The van der Waals surface area contributed by atoms with Crippen molar-refractivity contribution >= 4 is 21.2 Å². The summed E-state index contributed by atoms with van der Waals surface area (Å²) in [6.45, 7) is 1.05. The zero-order chi connectivity index (χ0) is 19.6. The third-order valence-electron chi connectivity index (χ3n) is 5.18. The van der Waals surface area contributed by atoms with E-state index in [2.05, 4.69) is 0 Å². The Morgan fingerprint density at radius 3 is 2.26 bits per heavy atom. The fourth-order valence-electron chi connectivity index (χ4n) is 3.73. The first-order valence-electron chi connectivity index (χ1n) is 9.00. The van der Waals surface area contributed by atoms with Crippen molar-refractivity contribution in [1.29, 1.82) is 0 Å². The lowest BCUT2D eigenvalue weighted by Crippen LogP contribution is -2.38. The van der Waals surface area contributed by atoms with Crippen LogP contribution in [0.5, 0.6) is 0 Å². The predicted octanol–water partition coefficient (Wildman–Crippen LogP) is 3.52. The van der Waals surface area contributed by atoms with Crippen LogP contribution in [-0.2, 0) is 14.6 Å². The lowest BCUT2D eigenvalue weighted by molar-refractivity contribution is -0.384. The topological polar surface area (TPSA) is 89.8 Å². The van der Waals surface area contributed by atoms with Crippen LogP contribution in [0, 0.1) is 10.1 Å². The number of hydrogen-bond acceptors (Lipinski definition) is 6. The molecule has 2 fully saturated rings. The Bertz CT molecular complexity index is 789. The van der Waals surface area contributed by atoms with Gasteiger partial charge >= 0.3 is 5.76 Å². The molecule has 0 atom stereocenters. The molecule has 0 bridgehead atoms. The molecule has 1 aromatic carbocycles. The van der Waals surface area contributed by atoms with Gasteiger partial charge in [0.15, 0.2) is 0 Å². The van der Waals surface area contributed by atoms with Crippen LogP contribution in [0.25, 0.3) is 0 Å². The van der Waals surface area contributed by atoms with Gasteiger partial charge in [0, 0.05) is 19.2 Å². The van der Waals surface area contributed by atoms with Crippen molar-refractivity contribution in [3.05, 3.63) is 28.3 Å². The third kappa shape index (κ3) is 4.37. The second-order valence-corrected chi connectivity index (χ2v) is 8.86. The zero-order valence-corrected chi connectivity index (χ0v) is 15.5. The van der Waals surface area contributed by atoms with Crippen LogP contribution in [-0.4, -0.2) is 44.4 Å². The van der Waals surface area contributed by atoms with Crippen molar-refractivity contribution < 1.29 is 26.9 Å². The molecule has 0 N–H and O–H groups in total. The summed E-state index contributed by atoms with van der Waals surface area (Å²) in [5.74, 6) is -3.62. The van der Waals surface area contributed by atoms with E-state index in [0.717, 1.165) is 25.0 Å². The molecule has 1 aromatic rings. The number of alkyl halides is 2. The molecule has 0 amide bonds. The Balaban J connectivity index is 1.74. The van der Waals surface area contributed by atoms with Gasteiger partial charge in [0.05, 0.1) is 22.0 Å². The largest absolute Gasteiger partial charge is 0.375 e. The van der Waals surface area contributed by atoms with Gasteiger partial charge < -0.3 is 9.64 Å². The molecule has 3 rings (SSSR count). The monoisotopic (exact) mass is 404 g/mol. The molecule has 0 radical (unpaired) electrons. The smallest absolute Gasteiger partial charge is 0.341 e. The summed E-state index contributed by atoms with van der Waals surface area (Å²) in [5, 5.41) is 11.4. The number of nitro groups is 1. The SMILES string of the molecule is O=[N+]([O-])c1cc(S(=O)(=O)C(F)F)ccc1N1CCC(OC2CCCC2)CC1. The van der Waals surface area contributed by atoms with E-state index in [1.165, 1.54) is 18.9 Å². The number of benzene rings is 1. The highest BCUT2D eigenvalue weighted by Gasteiger charge is 2.32. The number of sulfone groups is 1. The molecule has 0 spiro atoms. The Labute approximate surface area is 156 Å². The highest BCUT2D eigenvalue weighted by molar-refractivity contribution is 7.91. The summed E-state index contributed by atoms with van der Waals surface area (Å²) in [6.07, 6.45) is 6.36. The lowest BCUT2D eigenvalue weighted by Gasteiger charge is -2.34. The normalized spacial score (nSPS) is 19.7. The molecule has 1 saturated carbocycles. The van der Waals surface area contributed by atoms with E-state index >= 15 is 0 Å². The maximum absolute atomic E-state index is 12.7. The van der Waals surface area contributed by atoms with Gasteiger partial charge in [-0.05, 0) is 37.8 Å². The van der Waals surface area contributed by atoms with Crippen LogP contribution in [0.2, 0.25) is 0 Å². The van der Waals surface area contributed by atoms with Crippen LogP contribution in [0.4, 0.5) is 20.2 Å². The molecule has 1 saturated heterocycles. The first kappa shape index (κ1) is 19.9. The van der Waals surface area contributed by atoms with E-state index in [0.29, 0.717) is 32.0 Å². The summed E-state index contributed by atoms with van der Waals surface area (Å²) in [7, 11) is -4.88. The molecule has 1 aliphatic carbocycles. The van der Waals surface area contributed by atoms with Gasteiger partial charge in [-0.1, -0.05) is 12.8 Å². The van der Waals surface area contributed by atoms with Gasteiger partial charge in [-0.3, -0.25) is 10.1 Å². The van der Waals surface area contributed by atoms with Crippen molar-refractivity contribution in [1.82, 2.24) is 0 Å². The summed E-state index contributed by atoms with van der Waals surface area (Å²) in [5.41, 5.74) is -0.237. The number of ether oxygens (including phenoxy) is 1. The van der Waals surface area contributed by atoms with Crippen molar-refractivity contribution in [2.24, 2.45) is 0 Å². The highest BCUT2D eigenvalue weighted by atomic mass is 32.2. The molecule has 1 heterocycles. The molecule has 0 unspecified atom stereocenters. The predicted molar refractivity (Wildman–Crippen MR) is 94.9 cm³/mol. The fraction of sp³-hybridized carbons (Fsp3) is 0.647. The summed E-state index contributed by atoms with van der Waals surface area (Å²) >= 11 is 0. The van der Waals surface area contributed by atoms with Crippen molar-refractivity contribution in [2.45, 2.75) is 61.4 Å². The Kier molecular flexibility index (Phi) is 5.95. The van der Waals surface area contributed by atoms with Crippen molar-refractivity contribution in [2.75, 3.05) is 18.0 Å². The quantitative estimate of drug-likeness (QED) is 0.532. The summed E-state index contributed by atoms with van der Waals surface area (Å²) in [6, 6.07) is 2.97. The lowest BCUT2D eigenvalue weighted by atomic mass is 10.1. The van der Waals surface area contributed by atoms with E-state index in [-0.39, 0.29) is 11.8 Å². The minimum atomic E-state index is -4.88. The molecule has 1 aliphatic heterocycles. The van der Waals surface area contributed by atoms with E-state index in [1.807, 2.05) is 0 Å². The van der Waals surface area contributed by atoms with Gasteiger partial charge in [0.25, 0.3) is 5.69 Å². The van der Waals surface area contributed by atoms with Gasteiger partial charge in [0.2, 0.25) is 9.84 Å². The minimum Gasteiger partial charge on any atom is -0.375 e. The van der Waals surface area contributed by atoms with Crippen LogP contribution >= 0.6 is 0 Å². The zero-order valence-electron chi connectivity index (χ0n) is 14.7. The van der Waals surface area contributed by atoms with Crippen LogP contribution in [0.15, 0.2) is 23.1 Å². The van der Waals surface area contributed by atoms with E-state index in [1.54, 1.807) is 4.90 Å². The molecule has 27 heavy (non-hydrogen) atoms. The van der Waals surface area contributed by atoms with Gasteiger partial charge in [-0.15, -0.1) is 0 Å². The number of anilines is 1.